The first-order valence-electron chi connectivity index (χ1n) is 6.05. The average molecular weight is 320 g/mol. The van der Waals surface area contributed by atoms with Crippen LogP contribution in [-0.2, 0) is 12.8 Å². The minimum absolute atomic E-state index is 0. The van der Waals surface area contributed by atoms with E-state index in [1.807, 2.05) is 18.2 Å². The molecular weight excluding hydrogens is 303 g/mol. The summed E-state index contributed by atoms with van der Waals surface area (Å²) in [4.78, 5) is 4.70. The van der Waals surface area contributed by atoms with Gasteiger partial charge in [0.1, 0.15) is 0 Å². The number of pyridine rings is 1. The Balaban J connectivity index is 0.000000416. The van der Waals surface area contributed by atoms with Crippen LogP contribution in [0.1, 0.15) is 24.1 Å². The maximum absolute atomic E-state index is 6.20. The van der Waals surface area contributed by atoms with E-state index >= 15 is 0 Å². The molecule has 5 heteroatoms. The first kappa shape index (κ1) is 16.4. The van der Waals surface area contributed by atoms with Crippen LogP contribution in [0.5, 0.6) is 0 Å². The Kier molecular flexibility index (Phi) is 6.70. The van der Waals surface area contributed by atoms with Crippen LogP contribution in [0.3, 0.4) is 0 Å². The summed E-state index contributed by atoms with van der Waals surface area (Å²) < 4.78 is 0. The molecule has 1 aromatic carbocycles. The number of aryl methyl sites for hydroxylation is 1. The van der Waals surface area contributed by atoms with Gasteiger partial charge in [-0.3, -0.25) is 4.98 Å². The van der Waals surface area contributed by atoms with Crippen LogP contribution in [0.25, 0.3) is 10.9 Å². The van der Waals surface area contributed by atoms with E-state index in [0.717, 1.165) is 29.4 Å². The van der Waals surface area contributed by atoms with Crippen molar-refractivity contribution in [2.24, 2.45) is 0 Å². The molecule has 0 saturated heterocycles. The van der Waals surface area contributed by atoms with E-state index < -0.39 is 0 Å². The summed E-state index contributed by atoms with van der Waals surface area (Å²) in [5, 5.41) is 1.30. The third kappa shape index (κ3) is 3.65. The number of rotatable bonds is 0. The van der Waals surface area contributed by atoms with Crippen molar-refractivity contribution in [1.29, 1.82) is 0 Å². The monoisotopic (exact) mass is 318 g/mol. The lowest BCUT2D eigenvalue weighted by molar-refractivity contribution is 0.673. The van der Waals surface area contributed by atoms with E-state index in [9.17, 15) is 0 Å². The fourth-order valence-electron chi connectivity index (χ4n) is 2.41. The first-order chi connectivity index (χ1) is 8.77. The smallest absolute Gasteiger partial charge is 0.0967 e. The van der Waals surface area contributed by atoms with Gasteiger partial charge in [-0.15, -0.1) is 35.6 Å². The SMILES string of the molecule is Cl.ClCCl.Nc1c2c(nc3ccccc13)CCCC2. The molecule has 0 saturated carbocycles. The number of hydrogen-bond acceptors (Lipinski definition) is 2. The highest BCUT2D eigenvalue weighted by atomic mass is 35.5. The van der Waals surface area contributed by atoms with Gasteiger partial charge in [0.2, 0.25) is 0 Å². The highest BCUT2D eigenvalue weighted by Crippen LogP contribution is 2.30. The molecule has 0 atom stereocenters. The number of nitrogens with two attached hydrogens (primary N) is 1. The number of anilines is 1. The molecule has 2 aromatic rings. The highest BCUT2D eigenvalue weighted by molar-refractivity contribution is 6.40. The number of benzene rings is 1. The normalized spacial score (nSPS) is 12.9. The van der Waals surface area contributed by atoms with Crippen molar-refractivity contribution in [2.75, 3.05) is 11.1 Å². The topological polar surface area (TPSA) is 38.9 Å². The Hall–Kier alpha value is -0.700. The molecule has 1 aromatic heterocycles. The molecule has 0 fully saturated rings. The van der Waals surface area contributed by atoms with Crippen molar-refractivity contribution in [3.63, 3.8) is 0 Å². The summed E-state index contributed by atoms with van der Waals surface area (Å²) in [7, 11) is 0. The fourth-order valence-corrected chi connectivity index (χ4v) is 2.41. The molecule has 0 amide bonds. The first-order valence-corrected chi connectivity index (χ1v) is 7.12. The molecule has 1 heterocycles. The van der Waals surface area contributed by atoms with E-state index in [1.54, 1.807) is 0 Å². The Labute approximate surface area is 129 Å². The Morgan fingerprint density at radius 3 is 2.47 bits per heavy atom. The minimum Gasteiger partial charge on any atom is -0.398 e. The lowest BCUT2D eigenvalue weighted by atomic mass is 9.93. The van der Waals surface area contributed by atoms with Crippen LogP contribution in [0.15, 0.2) is 24.3 Å². The molecule has 1 aliphatic carbocycles. The maximum Gasteiger partial charge on any atom is 0.0967 e. The highest BCUT2D eigenvalue weighted by Gasteiger charge is 2.15. The molecule has 3 rings (SSSR count). The predicted molar refractivity (Wildman–Crippen MR) is 86.6 cm³/mol. The molecule has 0 bridgehead atoms. The van der Waals surface area contributed by atoms with Crippen LogP contribution < -0.4 is 5.73 Å². The lowest BCUT2D eigenvalue weighted by Gasteiger charge is -2.18. The van der Waals surface area contributed by atoms with Gasteiger partial charge >= 0.3 is 0 Å². The summed E-state index contributed by atoms with van der Waals surface area (Å²) in [6.07, 6.45) is 4.68. The maximum atomic E-state index is 6.20. The van der Waals surface area contributed by atoms with Crippen LogP contribution in [0.2, 0.25) is 0 Å². The van der Waals surface area contributed by atoms with Gasteiger partial charge in [-0.1, -0.05) is 18.2 Å². The zero-order valence-corrected chi connectivity index (χ0v) is 12.9. The summed E-state index contributed by atoms with van der Waals surface area (Å²) >= 11 is 9.53. The van der Waals surface area contributed by atoms with Gasteiger partial charge in [0, 0.05) is 16.8 Å². The van der Waals surface area contributed by atoms with E-state index in [1.165, 1.54) is 24.1 Å². The Bertz CT molecular complexity index is 543. The number of fused-ring (bicyclic) bond motifs is 2. The Morgan fingerprint density at radius 2 is 1.74 bits per heavy atom. The number of nitrogens with zero attached hydrogens (tertiary/aromatic N) is 1. The van der Waals surface area contributed by atoms with Crippen molar-refractivity contribution in [3.05, 3.63) is 35.5 Å². The second kappa shape index (κ2) is 7.78. The molecule has 0 spiro atoms. The van der Waals surface area contributed by atoms with Crippen LogP contribution in [-0.4, -0.2) is 10.3 Å². The van der Waals surface area contributed by atoms with Crippen molar-refractivity contribution in [2.45, 2.75) is 25.7 Å². The zero-order chi connectivity index (χ0) is 13.0. The predicted octanol–water partition coefficient (Wildman–Crippen LogP) is 4.54. The van der Waals surface area contributed by atoms with Crippen molar-refractivity contribution < 1.29 is 0 Å². The second-order valence-electron chi connectivity index (χ2n) is 4.28. The van der Waals surface area contributed by atoms with Crippen molar-refractivity contribution >= 4 is 52.2 Å². The molecule has 0 unspecified atom stereocenters. The summed E-state index contributed by atoms with van der Waals surface area (Å²) in [5.74, 6) is 0. The van der Waals surface area contributed by atoms with Gasteiger partial charge in [-0.2, -0.15) is 0 Å². The Morgan fingerprint density at radius 1 is 1.11 bits per heavy atom. The molecule has 19 heavy (non-hydrogen) atoms. The molecule has 2 N–H and O–H groups in total. The number of para-hydroxylation sites is 1. The molecule has 104 valence electrons. The zero-order valence-electron chi connectivity index (χ0n) is 10.5. The number of alkyl halides is 2. The number of hydrogen-bond donors (Lipinski definition) is 1. The van der Waals surface area contributed by atoms with E-state index in [0.29, 0.717) is 0 Å². The lowest BCUT2D eigenvalue weighted by Crippen LogP contribution is -2.09. The van der Waals surface area contributed by atoms with Gasteiger partial charge in [-0.25, -0.2) is 0 Å². The summed E-state index contributed by atoms with van der Waals surface area (Å²) in [6, 6.07) is 8.15. The third-order valence-corrected chi connectivity index (χ3v) is 3.21. The molecular formula is C14H17Cl3N2. The van der Waals surface area contributed by atoms with E-state index in [2.05, 4.69) is 6.07 Å². The second-order valence-corrected chi connectivity index (χ2v) is 5.08. The largest absolute Gasteiger partial charge is 0.398 e. The van der Waals surface area contributed by atoms with Crippen LogP contribution in [0, 0.1) is 0 Å². The number of nitrogen functional groups attached to an aromatic ring is 1. The van der Waals surface area contributed by atoms with E-state index in [4.69, 9.17) is 33.9 Å². The van der Waals surface area contributed by atoms with E-state index in [-0.39, 0.29) is 17.7 Å². The molecule has 2 nitrogen and oxygen atoms in total. The third-order valence-electron chi connectivity index (χ3n) is 3.21. The molecule has 1 aliphatic rings. The standard InChI is InChI=1S/C13H14N2.CH2Cl2.ClH/c14-13-9-5-1-3-7-11(9)15-12-8-4-2-6-10(12)13;2-1-3;/h1,3,5,7H,2,4,6,8H2,(H2,14,15);1H2;1H. The fraction of sp³-hybridized carbons (Fsp3) is 0.357. The van der Waals surface area contributed by atoms with Crippen LogP contribution in [0.4, 0.5) is 5.69 Å². The number of aromatic nitrogens is 1. The van der Waals surface area contributed by atoms with Crippen molar-refractivity contribution in [1.82, 2.24) is 4.98 Å². The van der Waals surface area contributed by atoms with Gasteiger partial charge in [-0.05, 0) is 37.3 Å². The van der Waals surface area contributed by atoms with Crippen molar-refractivity contribution in [3.8, 4) is 0 Å². The minimum atomic E-state index is 0. The summed E-state index contributed by atoms with van der Waals surface area (Å²) in [5.41, 5.74) is 10.7. The van der Waals surface area contributed by atoms with Gasteiger partial charge in [0.15, 0.2) is 0 Å². The van der Waals surface area contributed by atoms with Gasteiger partial charge in [0.05, 0.1) is 10.9 Å². The average Bonchev–Trinajstić information content (AvgIpc) is 2.40. The molecule has 0 aliphatic heterocycles. The summed E-state index contributed by atoms with van der Waals surface area (Å²) in [6.45, 7) is 0. The number of halogens is 3. The van der Waals surface area contributed by atoms with Crippen LogP contribution >= 0.6 is 35.6 Å². The van der Waals surface area contributed by atoms with Gasteiger partial charge < -0.3 is 5.73 Å². The molecule has 0 radical (unpaired) electrons. The van der Waals surface area contributed by atoms with Gasteiger partial charge in [0.25, 0.3) is 0 Å². The quantitative estimate of drug-likeness (QED) is 0.724.